The molecule has 0 fully saturated rings. The molecule has 1 aliphatic rings. The first-order valence-electron chi connectivity index (χ1n) is 6.89. The summed E-state index contributed by atoms with van der Waals surface area (Å²) in [6, 6.07) is 7.15. The van der Waals surface area contributed by atoms with Crippen LogP contribution in [-0.4, -0.2) is 28.3 Å². The fourth-order valence-corrected chi connectivity index (χ4v) is 3.46. The summed E-state index contributed by atoms with van der Waals surface area (Å²) in [5.41, 5.74) is 1.16. The molecule has 0 bridgehead atoms. The van der Waals surface area contributed by atoms with Gasteiger partial charge in [0.2, 0.25) is 5.91 Å². The van der Waals surface area contributed by atoms with E-state index in [9.17, 15) is 9.59 Å². The highest BCUT2D eigenvalue weighted by Gasteiger charge is 2.30. The first-order chi connectivity index (χ1) is 9.61. The molecular weight excluding hydrogens is 274 g/mol. The van der Waals surface area contributed by atoms with Crippen molar-refractivity contribution in [2.24, 2.45) is 0 Å². The largest absolute Gasteiger partial charge is 0.480 e. The normalized spacial score (nSPS) is 18.4. The van der Waals surface area contributed by atoms with Crippen molar-refractivity contribution in [3.05, 3.63) is 29.8 Å². The summed E-state index contributed by atoms with van der Waals surface area (Å²) in [4.78, 5) is 24.5. The van der Waals surface area contributed by atoms with Gasteiger partial charge in [-0.25, -0.2) is 4.79 Å². The van der Waals surface area contributed by atoms with Crippen LogP contribution >= 0.6 is 11.8 Å². The molecule has 5 heteroatoms. The average molecular weight is 293 g/mol. The lowest BCUT2D eigenvalue weighted by Gasteiger charge is -2.16. The van der Waals surface area contributed by atoms with Gasteiger partial charge >= 0.3 is 5.97 Å². The number of carbonyl (C=O) groups is 2. The van der Waals surface area contributed by atoms with Crippen molar-refractivity contribution in [3.63, 3.8) is 0 Å². The SMILES string of the molecule is CCCC[C@H](NC(=O)C1Cc2ccccc2S1)C(=O)O. The van der Waals surface area contributed by atoms with E-state index in [1.54, 1.807) is 0 Å². The Hall–Kier alpha value is -1.49. The van der Waals surface area contributed by atoms with E-state index >= 15 is 0 Å². The maximum Gasteiger partial charge on any atom is 0.326 e. The van der Waals surface area contributed by atoms with Crippen LogP contribution in [0.4, 0.5) is 0 Å². The van der Waals surface area contributed by atoms with E-state index in [4.69, 9.17) is 5.11 Å². The Balaban J connectivity index is 1.94. The van der Waals surface area contributed by atoms with Gasteiger partial charge in [0.15, 0.2) is 0 Å². The number of carbonyl (C=O) groups excluding carboxylic acids is 1. The molecule has 2 rings (SSSR count). The predicted octanol–water partition coefficient (Wildman–Crippen LogP) is 2.46. The molecule has 0 aliphatic carbocycles. The van der Waals surface area contributed by atoms with Crippen molar-refractivity contribution in [1.82, 2.24) is 5.32 Å². The number of fused-ring (bicyclic) bond motifs is 1. The topological polar surface area (TPSA) is 66.4 Å². The third-order valence-corrected chi connectivity index (χ3v) is 4.72. The zero-order chi connectivity index (χ0) is 14.5. The van der Waals surface area contributed by atoms with Crippen LogP contribution in [0.5, 0.6) is 0 Å². The highest BCUT2D eigenvalue weighted by Crippen LogP contribution is 2.36. The molecule has 0 spiro atoms. The molecular formula is C15H19NO3S. The lowest BCUT2D eigenvalue weighted by Crippen LogP contribution is -2.44. The molecule has 2 atom stereocenters. The van der Waals surface area contributed by atoms with Gasteiger partial charge in [0, 0.05) is 4.90 Å². The van der Waals surface area contributed by atoms with E-state index in [-0.39, 0.29) is 11.2 Å². The number of carboxylic acid groups (broad SMARTS) is 1. The number of aliphatic carboxylic acids is 1. The average Bonchev–Trinajstić information content (AvgIpc) is 2.86. The van der Waals surface area contributed by atoms with Crippen LogP contribution in [0.1, 0.15) is 31.7 Å². The summed E-state index contributed by atoms with van der Waals surface area (Å²) in [5.74, 6) is -1.12. The smallest absolute Gasteiger partial charge is 0.326 e. The Kier molecular flexibility index (Phi) is 5.06. The molecule has 2 N–H and O–H groups in total. The zero-order valence-corrected chi connectivity index (χ0v) is 12.3. The fourth-order valence-electron chi connectivity index (χ4n) is 2.26. The van der Waals surface area contributed by atoms with Crippen molar-refractivity contribution >= 4 is 23.6 Å². The second-order valence-electron chi connectivity index (χ2n) is 4.96. The van der Waals surface area contributed by atoms with Gasteiger partial charge in [-0.2, -0.15) is 0 Å². The number of nitrogens with one attached hydrogen (secondary N) is 1. The lowest BCUT2D eigenvalue weighted by molar-refractivity contribution is -0.141. The first kappa shape index (κ1) is 14.9. The van der Waals surface area contributed by atoms with Crippen molar-refractivity contribution in [2.75, 3.05) is 0 Å². The maximum absolute atomic E-state index is 12.2. The van der Waals surface area contributed by atoms with Crippen molar-refractivity contribution in [2.45, 2.75) is 48.8 Å². The van der Waals surface area contributed by atoms with E-state index in [0.717, 1.165) is 23.3 Å². The second-order valence-corrected chi connectivity index (χ2v) is 6.20. The van der Waals surface area contributed by atoms with Gasteiger partial charge in [-0.15, -0.1) is 11.8 Å². The molecule has 0 saturated heterocycles. The minimum absolute atomic E-state index is 0.172. The van der Waals surface area contributed by atoms with Crippen LogP contribution in [0.2, 0.25) is 0 Å². The van der Waals surface area contributed by atoms with Gasteiger partial charge in [0.05, 0.1) is 5.25 Å². The number of hydrogen-bond donors (Lipinski definition) is 2. The van der Waals surface area contributed by atoms with Gasteiger partial charge in [-0.3, -0.25) is 4.79 Å². The Morgan fingerprint density at radius 2 is 2.20 bits per heavy atom. The molecule has 1 unspecified atom stereocenters. The van der Waals surface area contributed by atoms with Crippen LogP contribution in [0.15, 0.2) is 29.2 Å². The molecule has 1 aliphatic heterocycles. The second kappa shape index (κ2) is 6.79. The third kappa shape index (κ3) is 3.54. The van der Waals surface area contributed by atoms with Gasteiger partial charge in [-0.05, 0) is 24.5 Å². The standard InChI is InChI=1S/C15H19NO3S/c1-2-3-7-11(15(18)19)16-14(17)13-9-10-6-4-5-8-12(10)20-13/h4-6,8,11,13H,2-3,7,9H2,1H3,(H,16,17)(H,18,19)/t11-,13?/m0/s1. The van der Waals surface area contributed by atoms with E-state index in [0.29, 0.717) is 12.8 Å². The van der Waals surface area contributed by atoms with Crippen LogP contribution < -0.4 is 5.32 Å². The quantitative estimate of drug-likeness (QED) is 0.845. The van der Waals surface area contributed by atoms with Gasteiger partial charge < -0.3 is 10.4 Å². The van der Waals surface area contributed by atoms with Crippen molar-refractivity contribution < 1.29 is 14.7 Å². The molecule has 1 aromatic carbocycles. The number of unbranched alkanes of at least 4 members (excludes halogenated alkanes) is 1. The summed E-state index contributed by atoms with van der Waals surface area (Å²) in [5, 5.41) is 11.6. The van der Waals surface area contributed by atoms with Gasteiger partial charge in [-0.1, -0.05) is 38.0 Å². The Morgan fingerprint density at radius 1 is 1.45 bits per heavy atom. The van der Waals surface area contributed by atoms with Crippen molar-refractivity contribution in [1.29, 1.82) is 0 Å². The van der Waals surface area contributed by atoms with Crippen LogP contribution in [-0.2, 0) is 16.0 Å². The Morgan fingerprint density at radius 3 is 2.85 bits per heavy atom. The number of carboxylic acids is 1. The summed E-state index contributed by atoms with van der Waals surface area (Å²) in [7, 11) is 0. The first-order valence-corrected chi connectivity index (χ1v) is 7.77. The van der Waals surface area contributed by atoms with E-state index in [1.165, 1.54) is 11.8 Å². The summed E-state index contributed by atoms with van der Waals surface area (Å²) < 4.78 is 0. The molecule has 0 radical (unpaired) electrons. The number of rotatable bonds is 6. The van der Waals surface area contributed by atoms with Crippen LogP contribution in [0, 0.1) is 0 Å². The number of thioether (sulfide) groups is 1. The Labute approximate surface area is 123 Å². The van der Waals surface area contributed by atoms with E-state index in [1.807, 2.05) is 31.2 Å². The van der Waals surface area contributed by atoms with Crippen LogP contribution in [0.25, 0.3) is 0 Å². The maximum atomic E-state index is 12.2. The Bertz CT molecular complexity index is 479. The van der Waals surface area contributed by atoms with E-state index < -0.39 is 12.0 Å². The summed E-state index contributed by atoms with van der Waals surface area (Å²) in [6.07, 6.45) is 2.88. The molecule has 1 amide bonds. The van der Waals surface area contributed by atoms with E-state index in [2.05, 4.69) is 5.32 Å². The molecule has 0 aromatic heterocycles. The lowest BCUT2D eigenvalue weighted by atomic mass is 10.1. The molecule has 4 nitrogen and oxygen atoms in total. The fraction of sp³-hybridized carbons (Fsp3) is 0.467. The highest BCUT2D eigenvalue weighted by atomic mass is 32.2. The predicted molar refractivity (Wildman–Crippen MR) is 78.9 cm³/mol. The molecule has 1 heterocycles. The van der Waals surface area contributed by atoms with Crippen molar-refractivity contribution in [3.8, 4) is 0 Å². The third-order valence-electron chi connectivity index (χ3n) is 3.40. The minimum Gasteiger partial charge on any atom is -0.480 e. The molecule has 1 aromatic rings. The summed E-state index contributed by atoms with van der Waals surface area (Å²) >= 11 is 1.52. The monoisotopic (exact) mass is 293 g/mol. The zero-order valence-electron chi connectivity index (χ0n) is 11.5. The van der Waals surface area contributed by atoms with Crippen LogP contribution in [0.3, 0.4) is 0 Å². The number of benzene rings is 1. The van der Waals surface area contributed by atoms with Gasteiger partial charge in [0.25, 0.3) is 0 Å². The number of hydrogen-bond acceptors (Lipinski definition) is 3. The molecule has 108 valence electrons. The van der Waals surface area contributed by atoms with Gasteiger partial charge in [0.1, 0.15) is 6.04 Å². The molecule has 20 heavy (non-hydrogen) atoms. The summed E-state index contributed by atoms with van der Waals surface area (Å²) in [6.45, 7) is 2.00. The number of amides is 1. The highest BCUT2D eigenvalue weighted by molar-refractivity contribution is 8.01. The minimum atomic E-state index is -0.952. The molecule has 0 saturated carbocycles.